The molecule has 2 aromatic heterocycles. The highest BCUT2D eigenvalue weighted by Crippen LogP contribution is 2.37. The largest absolute Gasteiger partial charge is 0.481 e. The topological polar surface area (TPSA) is 139 Å². The SMILES string of the molecule is CN(C)[C@@H](C(=O)N1CCC[C@H]1c1ncc(-c2ccc(-c3ccc(-c4cnc([C@@H]5CCCN5C(=O)[C@H](CC(=O)O)c5ccccc5)[nH]4)cc3)cc2)[nH]1)c1ccccc1F. The number of imidazole rings is 2. The Bertz CT molecular complexity index is 2390. The van der Waals surface area contributed by atoms with Crippen molar-refractivity contribution < 1.29 is 23.9 Å². The van der Waals surface area contributed by atoms with Crippen LogP contribution in [-0.2, 0) is 14.4 Å². The van der Waals surface area contributed by atoms with Gasteiger partial charge in [-0.25, -0.2) is 14.4 Å². The van der Waals surface area contributed by atoms with Gasteiger partial charge >= 0.3 is 5.97 Å². The average molecular weight is 780 g/mol. The number of hydrogen-bond acceptors (Lipinski definition) is 6. The lowest BCUT2D eigenvalue weighted by Crippen LogP contribution is -2.40. The van der Waals surface area contributed by atoms with Crippen LogP contribution in [0.5, 0.6) is 0 Å². The van der Waals surface area contributed by atoms with Crippen molar-refractivity contribution >= 4 is 17.8 Å². The highest BCUT2D eigenvalue weighted by atomic mass is 19.1. The third-order valence-corrected chi connectivity index (χ3v) is 11.4. The molecule has 0 radical (unpaired) electrons. The summed E-state index contributed by atoms with van der Waals surface area (Å²) in [6.45, 7) is 1.13. The number of benzene rings is 4. The first-order valence-corrected chi connectivity index (χ1v) is 19.8. The molecule has 3 N–H and O–H groups in total. The van der Waals surface area contributed by atoms with Crippen LogP contribution >= 0.6 is 0 Å². The van der Waals surface area contributed by atoms with Crippen molar-refractivity contribution in [3.63, 3.8) is 0 Å². The summed E-state index contributed by atoms with van der Waals surface area (Å²) < 4.78 is 14.8. The predicted molar refractivity (Wildman–Crippen MR) is 219 cm³/mol. The molecule has 2 fully saturated rings. The molecule has 4 atom stereocenters. The molecule has 0 unspecified atom stereocenters. The van der Waals surface area contributed by atoms with Gasteiger partial charge in [0.15, 0.2) is 0 Å². The van der Waals surface area contributed by atoms with E-state index < -0.39 is 23.7 Å². The molecule has 4 aromatic carbocycles. The van der Waals surface area contributed by atoms with Crippen molar-refractivity contribution in [3.05, 3.63) is 144 Å². The van der Waals surface area contributed by atoms with Crippen LogP contribution in [-0.4, -0.2) is 84.7 Å². The minimum Gasteiger partial charge on any atom is -0.481 e. The molecule has 0 aliphatic carbocycles. The van der Waals surface area contributed by atoms with Crippen molar-refractivity contribution in [3.8, 4) is 33.6 Å². The number of aromatic amines is 2. The minimum absolute atomic E-state index is 0.141. The Morgan fingerprint density at radius 1 is 0.707 bits per heavy atom. The summed E-state index contributed by atoms with van der Waals surface area (Å²) in [7, 11) is 3.59. The fraction of sp³-hybridized carbons (Fsp3) is 0.283. The quantitative estimate of drug-likeness (QED) is 0.114. The number of hydrogen-bond donors (Lipinski definition) is 3. The maximum absolute atomic E-state index is 14.8. The van der Waals surface area contributed by atoms with Gasteiger partial charge in [-0.3, -0.25) is 19.3 Å². The molecule has 58 heavy (non-hydrogen) atoms. The molecule has 2 saturated heterocycles. The number of rotatable bonds is 12. The summed E-state index contributed by atoms with van der Waals surface area (Å²) in [5, 5.41) is 9.60. The van der Waals surface area contributed by atoms with Gasteiger partial charge in [-0.15, -0.1) is 0 Å². The Morgan fingerprint density at radius 2 is 1.19 bits per heavy atom. The zero-order valence-electron chi connectivity index (χ0n) is 32.5. The van der Waals surface area contributed by atoms with Crippen molar-refractivity contribution in [2.75, 3.05) is 27.2 Å². The molecule has 0 spiro atoms. The summed E-state index contributed by atoms with van der Waals surface area (Å²) in [6, 6.07) is 30.8. The van der Waals surface area contributed by atoms with Gasteiger partial charge in [0, 0.05) is 18.7 Å². The molecule has 11 nitrogen and oxygen atoms in total. The zero-order valence-corrected chi connectivity index (χ0v) is 32.5. The normalized spacial score (nSPS) is 17.8. The van der Waals surface area contributed by atoms with E-state index in [1.54, 1.807) is 54.5 Å². The molecule has 8 rings (SSSR count). The highest BCUT2D eigenvalue weighted by molar-refractivity contribution is 5.88. The predicted octanol–water partition coefficient (Wildman–Crippen LogP) is 8.16. The molecular formula is C46H46FN7O4. The van der Waals surface area contributed by atoms with Gasteiger partial charge in [-0.05, 0) is 73.7 Å². The highest BCUT2D eigenvalue weighted by Gasteiger charge is 2.39. The molecule has 6 aromatic rings. The van der Waals surface area contributed by atoms with Crippen LogP contribution in [0.3, 0.4) is 0 Å². The lowest BCUT2D eigenvalue weighted by molar-refractivity contribution is -0.142. The number of halogens is 1. The van der Waals surface area contributed by atoms with Crippen molar-refractivity contribution in [2.45, 2.75) is 56.1 Å². The van der Waals surface area contributed by atoms with Crippen molar-refractivity contribution in [1.29, 1.82) is 0 Å². The van der Waals surface area contributed by atoms with Gasteiger partial charge in [0.1, 0.15) is 23.5 Å². The molecule has 2 aliphatic heterocycles. The molecule has 0 saturated carbocycles. The second kappa shape index (κ2) is 16.6. The molecule has 2 aliphatic rings. The molecule has 296 valence electrons. The maximum atomic E-state index is 14.8. The van der Waals surface area contributed by atoms with E-state index in [4.69, 9.17) is 4.98 Å². The average Bonchev–Trinajstić information content (AvgIpc) is 4.08. The fourth-order valence-corrected chi connectivity index (χ4v) is 8.51. The number of nitrogens with one attached hydrogen (secondary N) is 2. The molecule has 12 heteroatoms. The lowest BCUT2D eigenvalue weighted by Gasteiger charge is -2.31. The van der Waals surface area contributed by atoms with E-state index in [0.29, 0.717) is 30.0 Å². The Balaban J connectivity index is 0.932. The van der Waals surface area contributed by atoms with Crippen molar-refractivity contribution in [1.82, 2.24) is 34.6 Å². The third kappa shape index (κ3) is 7.79. The van der Waals surface area contributed by atoms with E-state index in [0.717, 1.165) is 65.1 Å². The van der Waals surface area contributed by atoms with Crippen molar-refractivity contribution in [2.24, 2.45) is 0 Å². The summed E-state index contributed by atoms with van der Waals surface area (Å²) in [5.41, 5.74) is 6.77. The first kappa shape index (κ1) is 38.5. The van der Waals surface area contributed by atoms with Crippen LogP contribution in [0.25, 0.3) is 33.6 Å². The van der Waals surface area contributed by atoms with Crippen LogP contribution < -0.4 is 0 Å². The van der Waals surface area contributed by atoms with Crippen LogP contribution in [0.2, 0.25) is 0 Å². The van der Waals surface area contributed by atoms with Crippen LogP contribution in [0, 0.1) is 5.82 Å². The monoisotopic (exact) mass is 779 g/mol. The van der Waals surface area contributed by atoms with Crippen LogP contribution in [0.1, 0.15) is 78.9 Å². The number of likely N-dealkylation sites (tertiary alicyclic amines) is 2. The second-order valence-electron chi connectivity index (χ2n) is 15.3. The lowest BCUT2D eigenvalue weighted by atomic mass is 9.94. The van der Waals surface area contributed by atoms with E-state index in [1.165, 1.54) is 6.07 Å². The van der Waals surface area contributed by atoms with Crippen LogP contribution in [0.15, 0.2) is 116 Å². The summed E-state index contributed by atoms with van der Waals surface area (Å²) in [4.78, 5) is 61.1. The third-order valence-electron chi connectivity index (χ3n) is 11.4. The Kier molecular flexibility index (Phi) is 11.0. The van der Waals surface area contributed by atoms with E-state index >= 15 is 0 Å². The van der Waals surface area contributed by atoms with Gasteiger partial charge in [0.25, 0.3) is 0 Å². The standard InChI is InChI=1S/C46H46FN7O4/c1-52(2)42(34-12-6-7-13-36(34)47)46(58)54-25-9-15-40(54)44-49-28-38(51-44)33-22-18-30(19-23-33)29-16-20-32(21-17-29)37-27-48-43(50-37)39-14-8-24-53(39)45(57)35(26-41(55)56)31-10-4-3-5-11-31/h3-7,10-13,16-23,27-28,35,39-40,42H,8-9,14-15,24-26H2,1-2H3,(H,48,50)(H,49,51)(H,55,56)/t35-,39+,40+,42-/m1/s1. The smallest absolute Gasteiger partial charge is 0.304 e. The summed E-state index contributed by atoms with van der Waals surface area (Å²) in [5.74, 6) is -1.09. The number of aliphatic carboxylic acids is 1. The Hall–Kier alpha value is -6.40. The summed E-state index contributed by atoms with van der Waals surface area (Å²) in [6.07, 6.45) is 6.49. The molecular weight excluding hydrogens is 734 g/mol. The minimum atomic E-state index is -1.01. The number of carboxylic acid groups (broad SMARTS) is 1. The molecule has 4 heterocycles. The number of carboxylic acids is 1. The number of nitrogens with zero attached hydrogens (tertiary/aromatic N) is 5. The number of carbonyl (C=O) groups excluding carboxylic acids is 2. The maximum Gasteiger partial charge on any atom is 0.304 e. The van der Waals surface area contributed by atoms with E-state index in [-0.39, 0.29) is 30.3 Å². The first-order valence-electron chi connectivity index (χ1n) is 19.8. The Labute approximate surface area is 336 Å². The van der Waals surface area contributed by atoms with E-state index in [2.05, 4.69) is 39.2 Å². The van der Waals surface area contributed by atoms with Gasteiger partial charge < -0.3 is 24.9 Å². The second-order valence-corrected chi connectivity index (χ2v) is 15.3. The van der Waals surface area contributed by atoms with Crippen LogP contribution in [0.4, 0.5) is 4.39 Å². The molecule has 0 bridgehead atoms. The number of likely N-dealkylation sites (N-methyl/N-ethyl adjacent to an activating group) is 1. The van der Waals surface area contributed by atoms with Gasteiger partial charge in [0.05, 0.1) is 48.2 Å². The number of carbonyl (C=O) groups is 3. The Morgan fingerprint density at radius 3 is 1.69 bits per heavy atom. The van der Waals surface area contributed by atoms with E-state index in [1.807, 2.05) is 59.5 Å². The molecule has 2 amide bonds. The first-order chi connectivity index (χ1) is 28.2. The van der Waals surface area contributed by atoms with E-state index in [9.17, 15) is 23.9 Å². The van der Waals surface area contributed by atoms with Gasteiger partial charge in [0.2, 0.25) is 11.8 Å². The fourth-order valence-electron chi connectivity index (χ4n) is 8.51. The van der Waals surface area contributed by atoms with Gasteiger partial charge in [-0.2, -0.15) is 0 Å². The summed E-state index contributed by atoms with van der Waals surface area (Å²) >= 11 is 0. The number of H-pyrrole nitrogens is 2. The number of aromatic nitrogens is 4. The number of amides is 2. The van der Waals surface area contributed by atoms with Gasteiger partial charge in [-0.1, -0.05) is 97.1 Å². The zero-order chi connectivity index (χ0) is 40.3.